The van der Waals surface area contributed by atoms with Crippen LogP contribution in [0.3, 0.4) is 0 Å². The van der Waals surface area contributed by atoms with E-state index in [2.05, 4.69) is 4.90 Å². The van der Waals surface area contributed by atoms with E-state index in [1.165, 1.54) is 12.1 Å². The van der Waals surface area contributed by atoms with Crippen molar-refractivity contribution in [2.24, 2.45) is 0 Å². The van der Waals surface area contributed by atoms with Crippen LogP contribution in [0.15, 0.2) is 12.1 Å². The fourth-order valence-electron chi connectivity index (χ4n) is 2.09. The second-order valence-corrected chi connectivity index (χ2v) is 4.68. The van der Waals surface area contributed by atoms with Crippen LogP contribution >= 0.6 is 0 Å². The summed E-state index contributed by atoms with van der Waals surface area (Å²) in [5.41, 5.74) is 6.16. The van der Waals surface area contributed by atoms with Crippen molar-refractivity contribution < 1.29 is 14.6 Å². The minimum atomic E-state index is -0.0344. The van der Waals surface area contributed by atoms with Gasteiger partial charge >= 0.3 is 0 Å². The third-order valence-corrected chi connectivity index (χ3v) is 3.23. The zero-order valence-corrected chi connectivity index (χ0v) is 11.3. The molecule has 0 bridgehead atoms. The van der Waals surface area contributed by atoms with Gasteiger partial charge < -0.3 is 20.3 Å². The van der Waals surface area contributed by atoms with Crippen LogP contribution in [-0.4, -0.2) is 49.5 Å². The molecule has 1 aliphatic heterocycles. The first-order chi connectivity index (χ1) is 9.70. The number of anilines is 1. The predicted molar refractivity (Wildman–Crippen MR) is 74.6 cm³/mol. The van der Waals surface area contributed by atoms with Gasteiger partial charge in [0, 0.05) is 31.8 Å². The minimum absolute atomic E-state index is 0.0344. The Morgan fingerprint density at radius 1 is 1.40 bits per heavy atom. The maximum atomic E-state index is 9.72. The Bertz CT molecular complexity index is 493. The van der Waals surface area contributed by atoms with Gasteiger partial charge in [0.1, 0.15) is 6.07 Å². The Balaban J connectivity index is 1.80. The fraction of sp³-hybridized carbons (Fsp3) is 0.500. The number of nitrogens with zero attached hydrogens (tertiary/aromatic N) is 2. The molecule has 108 valence electrons. The summed E-state index contributed by atoms with van der Waals surface area (Å²) in [6.07, 6.45) is 0.853. The number of phenolic OH excluding ortho intramolecular Hbond substituents is 1. The zero-order chi connectivity index (χ0) is 14.4. The molecule has 6 nitrogen and oxygen atoms in total. The second-order valence-electron chi connectivity index (χ2n) is 4.68. The van der Waals surface area contributed by atoms with E-state index in [0.717, 1.165) is 39.3 Å². The standard InChI is InChI=1S/C14H19N3O3/c15-10-11-8-14(13(18)9-12(11)16)20-5-1-2-17-3-6-19-7-4-17/h8-9,18H,1-7,16H2. The highest BCUT2D eigenvalue weighted by molar-refractivity contribution is 5.61. The summed E-state index contributed by atoms with van der Waals surface area (Å²) in [5, 5.41) is 18.6. The van der Waals surface area contributed by atoms with Gasteiger partial charge in [0.2, 0.25) is 0 Å². The summed E-state index contributed by atoms with van der Waals surface area (Å²) in [6.45, 7) is 4.89. The lowest BCUT2D eigenvalue weighted by molar-refractivity contribution is 0.0357. The number of nitrogen functional groups attached to an aromatic ring is 1. The van der Waals surface area contributed by atoms with Gasteiger partial charge in [-0.2, -0.15) is 5.26 Å². The average molecular weight is 277 g/mol. The lowest BCUT2D eigenvalue weighted by atomic mass is 10.2. The maximum absolute atomic E-state index is 9.72. The number of rotatable bonds is 5. The van der Waals surface area contributed by atoms with E-state index in [1.807, 2.05) is 6.07 Å². The van der Waals surface area contributed by atoms with Crippen LogP contribution in [0.2, 0.25) is 0 Å². The molecular formula is C14H19N3O3. The zero-order valence-electron chi connectivity index (χ0n) is 11.3. The van der Waals surface area contributed by atoms with Gasteiger partial charge in [-0.1, -0.05) is 0 Å². The third kappa shape index (κ3) is 3.76. The van der Waals surface area contributed by atoms with E-state index < -0.39 is 0 Å². The van der Waals surface area contributed by atoms with Gasteiger partial charge in [0.05, 0.1) is 31.1 Å². The van der Waals surface area contributed by atoms with Gasteiger partial charge in [0.25, 0.3) is 0 Å². The summed E-state index contributed by atoms with van der Waals surface area (Å²) >= 11 is 0. The van der Waals surface area contributed by atoms with Crippen LogP contribution in [0.4, 0.5) is 5.69 Å². The Hall–Kier alpha value is -1.97. The molecule has 0 spiro atoms. The number of ether oxygens (including phenoxy) is 2. The number of benzene rings is 1. The molecule has 1 saturated heterocycles. The number of morpholine rings is 1. The van der Waals surface area contributed by atoms with Crippen LogP contribution in [-0.2, 0) is 4.74 Å². The van der Waals surface area contributed by atoms with E-state index >= 15 is 0 Å². The van der Waals surface area contributed by atoms with Crippen molar-refractivity contribution in [1.82, 2.24) is 4.90 Å². The fourth-order valence-corrected chi connectivity index (χ4v) is 2.09. The monoisotopic (exact) mass is 277 g/mol. The SMILES string of the molecule is N#Cc1cc(OCCCN2CCOCC2)c(O)cc1N. The van der Waals surface area contributed by atoms with Crippen LogP contribution in [0.25, 0.3) is 0 Å². The van der Waals surface area contributed by atoms with Crippen molar-refractivity contribution in [2.75, 3.05) is 45.2 Å². The van der Waals surface area contributed by atoms with Crippen LogP contribution in [0.5, 0.6) is 11.5 Å². The molecule has 0 atom stereocenters. The largest absolute Gasteiger partial charge is 0.504 e. The molecule has 1 heterocycles. The van der Waals surface area contributed by atoms with Gasteiger partial charge in [0.15, 0.2) is 11.5 Å². The van der Waals surface area contributed by atoms with Crippen LogP contribution < -0.4 is 10.5 Å². The van der Waals surface area contributed by atoms with Crippen molar-refractivity contribution in [3.63, 3.8) is 0 Å². The molecule has 6 heteroatoms. The molecule has 20 heavy (non-hydrogen) atoms. The van der Waals surface area contributed by atoms with E-state index in [0.29, 0.717) is 17.9 Å². The molecule has 3 N–H and O–H groups in total. The molecule has 0 saturated carbocycles. The summed E-state index contributed by atoms with van der Waals surface area (Å²) < 4.78 is 10.8. The van der Waals surface area contributed by atoms with E-state index in [-0.39, 0.29) is 11.4 Å². The first-order valence-corrected chi connectivity index (χ1v) is 6.66. The lowest BCUT2D eigenvalue weighted by Gasteiger charge is -2.26. The van der Waals surface area contributed by atoms with Crippen molar-refractivity contribution in [2.45, 2.75) is 6.42 Å². The molecule has 1 aliphatic rings. The number of phenols is 1. The molecule has 0 aliphatic carbocycles. The predicted octanol–water partition coefficient (Wildman–Crippen LogP) is 0.947. The minimum Gasteiger partial charge on any atom is -0.504 e. The van der Waals surface area contributed by atoms with Gasteiger partial charge in [-0.25, -0.2) is 0 Å². The molecular weight excluding hydrogens is 258 g/mol. The van der Waals surface area contributed by atoms with E-state index in [4.69, 9.17) is 20.5 Å². The van der Waals surface area contributed by atoms with Crippen molar-refractivity contribution in [3.8, 4) is 17.6 Å². The quantitative estimate of drug-likeness (QED) is 0.615. The Kier molecular flexibility index (Phi) is 5.04. The highest BCUT2D eigenvalue weighted by Gasteiger charge is 2.11. The Morgan fingerprint density at radius 2 is 2.15 bits per heavy atom. The third-order valence-electron chi connectivity index (χ3n) is 3.23. The van der Waals surface area contributed by atoms with Crippen molar-refractivity contribution >= 4 is 5.69 Å². The van der Waals surface area contributed by atoms with Gasteiger partial charge in [-0.05, 0) is 6.42 Å². The van der Waals surface area contributed by atoms with Crippen molar-refractivity contribution in [3.05, 3.63) is 17.7 Å². The Morgan fingerprint density at radius 3 is 2.85 bits per heavy atom. The summed E-state index contributed by atoms with van der Waals surface area (Å²) in [6, 6.07) is 4.78. The molecule has 1 aromatic carbocycles. The van der Waals surface area contributed by atoms with Crippen LogP contribution in [0, 0.1) is 11.3 Å². The Labute approximate surface area is 118 Å². The van der Waals surface area contributed by atoms with Gasteiger partial charge in [-0.15, -0.1) is 0 Å². The molecule has 0 unspecified atom stereocenters. The average Bonchev–Trinajstić information content (AvgIpc) is 2.46. The highest BCUT2D eigenvalue weighted by Crippen LogP contribution is 2.30. The first-order valence-electron chi connectivity index (χ1n) is 6.66. The molecule has 0 amide bonds. The van der Waals surface area contributed by atoms with E-state index in [9.17, 15) is 5.11 Å². The summed E-state index contributed by atoms with van der Waals surface area (Å²) in [4.78, 5) is 2.32. The highest BCUT2D eigenvalue weighted by atomic mass is 16.5. The number of hydrogen-bond acceptors (Lipinski definition) is 6. The second kappa shape index (κ2) is 6.98. The molecule has 1 fully saturated rings. The molecule has 1 aromatic rings. The lowest BCUT2D eigenvalue weighted by Crippen LogP contribution is -2.37. The number of aromatic hydroxyl groups is 1. The normalized spacial score (nSPS) is 15.8. The smallest absolute Gasteiger partial charge is 0.162 e. The van der Waals surface area contributed by atoms with Gasteiger partial charge in [-0.3, -0.25) is 4.90 Å². The molecule has 2 rings (SSSR count). The van der Waals surface area contributed by atoms with E-state index in [1.54, 1.807) is 0 Å². The van der Waals surface area contributed by atoms with Crippen LogP contribution in [0.1, 0.15) is 12.0 Å². The topological polar surface area (TPSA) is 91.7 Å². The molecule has 0 radical (unpaired) electrons. The number of nitrogens with two attached hydrogens (primary N) is 1. The van der Waals surface area contributed by atoms with Crippen molar-refractivity contribution in [1.29, 1.82) is 5.26 Å². The first kappa shape index (κ1) is 14.4. The summed E-state index contributed by atoms with van der Waals surface area (Å²) in [5.74, 6) is 0.269. The number of hydrogen-bond donors (Lipinski definition) is 2. The maximum Gasteiger partial charge on any atom is 0.162 e. The summed E-state index contributed by atoms with van der Waals surface area (Å²) in [7, 11) is 0. The molecule has 0 aromatic heterocycles. The number of nitriles is 1.